The molecule has 11 aromatic rings. The lowest BCUT2D eigenvalue weighted by Crippen LogP contribution is -2.10. The number of hydrogen-bond acceptors (Lipinski definition) is 2. The molecule has 11 rings (SSSR count). The van der Waals surface area contributed by atoms with Gasteiger partial charge in [-0.15, -0.1) is 0 Å². The Hall–Kier alpha value is -7.36. The van der Waals surface area contributed by atoms with Crippen molar-refractivity contribution in [2.24, 2.45) is 0 Å². The normalized spacial score (nSPS) is 11.6. The first kappa shape index (κ1) is 31.2. The number of aromatic nitrogens is 1. The monoisotopic (exact) mass is 702 g/mol. The molecule has 55 heavy (non-hydrogen) atoms. The average molecular weight is 703 g/mol. The van der Waals surface area contributed by atoms with Gasteiger partial charge in [0, 0.05) is 44.0 Å². The molecule has 0 saturated carbocycles. The molecule has 0 aliphatic rings. The van der Waals surface area contributed by atoms with Gasteiger partial charge in [-0.25, -0.2) is 0 Å². The van der Waals surface area contributed by atoms with Crippen molar-refractivity contribution in [2.75, 3.05) is 4.90 Å². The third-order valence-corrected chi connectivity index (χ3v) is 11.0. The molecule has 0 radical (unpaired) electrons. The van der Waals surface area contributed by atoms with Gasteiger partial charge < -0.3 is 13.9 Å². The Bertz CT molecular complexity index is 3190. The summed E-state index contributed by atoms with van der Waals surface area (Å²) in [4.78, 5) is 2.42. The molecule has 0 aliphatic carbocycles. The SMILES string of the molecule is c1ccc(-c2ccc(N(c3cccc(-c4cccc5oc6c7ccccc7ccc6c45)c3)c3cccc4c3c3ccccc3n4-c3ccccc3)cc2)cc1. The van der Waals surface area contributed by atoms with Crippen LogP contribution in [-0.4, -0.2) is 4.57 Å². The largest absolute Gasteiger partial charge is 0.455 e. The van der Waals surface area contributed by atoms with Gasteiger partial charge in [-0.05, 0) is 94.4 Å². The zero-order valence-corrected chi connectivity index (χ0v) is 29.9. The molecular weight excluding hydrogens is 669 g/mol. The Labute approximate surface area is 318 Å². The predicted molar refractivity (Wildman–Crippen MR) is 231 cm³/mol. The molecule has 0 fully saturated rings. The molecule has 0 saturated heterocycles. The Morgan fingerprint density at radius 3 is 1.93 bits per heavy atom. The maximum absolute atomic E-state index is 6.61. The molecule has 0 atom stereocenters. The summed E-state index contributed by atoms with van der Waals surface area (Å²) in [7, 11) is 0. The van der Waals surface area contributed by atoms with E-state index < -0.39 is 0 Å². The van der Waals surface area contributed by atoms with Gasteiger partial charge in [0.25, 0.3) is 0 Å². The van der Waals surface area contributed by atoms with E-state index in [2.05, 4.69) is 216 Å². The lowest BCUT2D eigenvalue weighted by Gasteiger charge is -2.27. The standard InChI is InChI=1S/C52H34N2O/c1-3-14-35(15-4-1)36-28-31-40(32-29-36)53(47-25-13-26-48-51(47)44-22-9-10-24-46(44)54(48)39-18-5-2-6-19-39)41-20-11-17-38(34-41)42-23-12-27-49-50(42)45-33-30-37-16-7-8-21-43(37)52(45)55-49/h1-34H. The van der Waals surface area contributed by atoms with Crippen molar-refractivity contribution in [3.05, 3.63) is 206 Å². The molecule has 0 aliphatic heterocycles. The molecule has 258 valence electrons. The van der Waals surface area contributed by atoms with E-state index >= 15 is 0 Å². The predicted octanol–water partition coefficient (Wildman–Crippen LogP) is 14.6. The summed E-state index contributed by atoms with van der Waals surface area (Å²) < 4.78 is 8.99. The van der Waals surface area contributed by atoms with Crippen molar-refractivity contribution in [1.82, 2.24) is 4.57 Å². The van der Waals surface area contributed by atoms with Gasteiger partial charge in [-0.3, -0.25) is 0 Å². The molecule has 0 spiro atoms. The number of para-hydroxylation sites is 2. The minimum atomic E-state index is 0.890. The maximum Gasteiger partial charge on any atom is 0.143 e. The Morgan fingerprint density at radius 1 is 0.400 bits per heavy atom. The van der Waals surface area contributed by atoms with Crippen LogP contribution in [0.2, 0.25) is 0 Å². The van der Waals surface area contributed by atoms with E-state index in [1.54, 1.807) is 0 Å². The van der Waals surface area contributed by atoms with E-state index in [0.717, 1.165) is 66.7 Å². The van der Waals surface area contributed by atoms with Crippen LogP contribution in [0.5, 0.6) is 0 Å². The molecule has 0 amide bonds. The van der Waals surface area contributed by atoms with Gasteiger partial charge in [-0.1, -0.05) is 140 Å². The molecule has 0 bridgehead atoms. The molecule has 3 nitrogen and oxygen atoms in total. The quantitative estimate of drug-likeness (QED) is 0.172. The average Bonchev–Trinajstić information content (AvgIpc) is 3.82. The van der Waals surface area contributed by atoms with Crippen molar-refractivity contribution in [1.29, 1.82) is 0 Å². The number of rotatable bonds is 6. The van der Waals surface area contributed by atoms with Crippen molar-refractivity contribution in [3.63, 3.8) is 0 Å². The van der Waals surface area contributed by atoms with Gasteiger partial charge in [-0.2, -0.15) is 0 Å². The molecule has 0 N–H and O–H groups in total. The highest BCUT2D eigenvalue weighted by atomic mass is 16.3. The highest BCUT2D eigenvalue weighted by molar-refractivity contribution is 6.19. The lowest BCUT2D eigenvalue weighted by atomic mass is 9.97. The fourth-order valence-electron chi connectivity index (χ4n) is 8.51. The summed E-state index contributed by atoms with van der Waals surface area (Å²) in [6, 6.07) is 73.9. The van der Waals surface area contributed by atoms with E-state index in [0.29, 0.717) is 0 Å². The van der Waals surface area contributed by atoms with Gasteiger partial charge in [0.15, 0.2) is 0 Å². The molecule has 9 aromatic carbocycles. The fourth-order valence-corrected chi connectivity index (χ4v) is 8.51. The summed E-state index contributed by atoms with van der Waals surface area (Å²) in [5.74, 6) is 0. The number of nitrogens with zero attached hydrogens (tertiary/aromatic N) is 2. The van der Waals surface area contributed by atoms with Crippen LogP contribution in [0.3, 0.4) is 0 Å². The van der Waals surface area contributed by atoms with Crippen molar-refractivity contribution < 1.29 is 4.42 Å². The lowest BCUT2D eigenvalue weighted by molar-refractivity contribution is 0.673. The van der Waals surface area contributed by atoms with Gasteiger partial charge in [0.05, 0.1) is 16.7 Å². The van der Waals surface area contributed by atoms with E-state index in [1.807, 2.05) is 0 Å². The Kier molecular flexibility index (Phi) is 7.17. The minimum Gasteiger partial charge on any atom is -0.455 e. The smallest absolute Gasteiger partial charge is 0.143 e. The van der Waals surface area contributed by atoms with Crippen LogP contribution in [0.4, 0.5) is 17.1 Å². The second-order valence-electron chi connectivity index (χ2n) is 14.1. The second kappa shape index (κ2) is 12.6. The highest BCUT2D eigenvalue weighted by Gasteiger charge is 2.22. The molecule has 2 heterocycles. The number of benzene rings is 9. The molecule has 2 aromatic heterocycles. The third-order valence-electron chi connectivity index (χ3n) is 11.0. The highest BCUT2D eigenvalue weighted by Crippen LogP contribution is 2.46. The molecule has 3 heteroatoms. The zero-order valence-electron chi connectivity index (χ0n) is 29.9. The van der Waals surface area contributed by atoms with Crippen LogP contribution < -0.4 is 4.90 Å². The van der Waals surface area contributed by atoms with Gasteiger partial charge in [0.2, 0.25) is 0 Å². The minimum absolute atomic E-state index is 0.890. The van der Waals surface area contributed by atoms with E-state index in [9.17, 15) is 0 Å². The molecule has 0 unspecified atom stereocenters. The van der Waals surface area contributed by atoms with Crippen LogP contribution in [0.25, 0.3) is 82.5 Å². The van der Waals surface area contributed by atoms with Crippen LogP contribution in [-0.2, 0) is 0 Å². The van der Waals surface area contributed by atoms with Crippen molar-refractivity contribution in [3.8, 4) is 27.9 Å². The second-order valence-corrected chi connectivity index (χ2v) is 14.1. The van der Waals surface area contributed by atoms with Crippen molar-refractivity contribution >= 4 is 71.6 Å². The number of hydrogen-bond donors (Lipinski definition) is 0. The first-order valence-electron chi connectivity index (χ1n) is 18.8. The summed E-state index contributed by atoms with van der Waals surface area (Å²) in [5.41, 5.74) is 13.2. The summed E-state index contributed by atoms with van der Waals surface area (Å²) in [6.07, 6.45) is 0. The Morgan fingerprint density at radius 2 is 1.07 bits per heavy atom. The van der Waals surface area contributed by atoms with E-state index in [4.69, 9.17) is 4.42 Å². The number of anilines is 3. The van der Waals surface area contributed by atoms with E-state index in [1.165, 1.54) is 32.8 Å². The zero-order chi connectivity index (χ0) is 36.3. The maximum atomic E-state index is 6.61. The van der Waals surface area contributed by atoms with Crippen molar-refractivity contribution in [2.45, 2.75) is 0 Å². The van der Waals surface area contributed by atoms with Crippen LogP contribution in [0, 0.1) is 0 Å². The van der Waals surface area contributed by atoms with Crippen LogP contribution >= 0.6 is 0 Å². The number of furan rings is 1. The Balaban J connectivity index is 1.15. The van der Waals surface area contributed by atoms with Crippen LogP contribution in [0.1, 0.15) is 0 Å². The third kappa shape index (κ3) is 5.05. The first-order chi connectivity index (χ1) is 27.3. The van der Waals surface area contributed by atoms with Gasteiger partial charge >= 0.3 is 0 Å². The summed E-state index contributed by atoms with van der Waals surface area (Å²) in [5, 5.41) is 6.97. The van der Waals surface area contributed by atoms with Crippen LogP contribution in [0.15, 0.2) is 211 Å². The summed E-state index contributed by atoms with van der Waals surface area (Å²) >= 11 is 0. The topological polar surface area (TPSA) is 21.3 Å². The summed E-state index contributed by atoms with van der Waals surface area (Å²) in [6.45, 7) is 0. The fraction of sp³-hybridized carbons (Fsp3) is 0. The first-order valence-corrected chi connectivity index (χ1v) is 18.8. The molecular formula is C52H34N2O. The van der Waals surface area contributed by atoms with Gasteiger partial charge in [0.1, 0.15) is 11.2 Å². The van der Waals surface area contributed by atoms with E-state index in [-0.39, 0.29) is 0 Å². The number of fused-ring (bicyclic) bond motifs is 8.